The lowest BCUT2D eigenvalue weighted by Gasteiger charge is -1.99. The molecule has 0 saturated carbocycles. The minimum Gasteiger partial charge on any atom is -0.313 e. The number of hydrogen-bond donors (Lipinski definition) is 1. The fourth-order valence-electron chi connectivity index (χ4n) is 2.02. The summed E-state index contributed by atoms with van der Waals surface area (Å²) < 4.78 is 0. The van der Waals surface area contributed by atoms with Crippen molar-refractivity contribution < 1.29 is 4.79 Å². The summed E-state index contributed by atoms with van der Waals surface area (Å²) in [6.45, 7) is 1.89. The third-order valence-electron chi connectivity index (χ3n) is 2.82. The van der Waals surface area contributed by atoms with Gasteiger partial charge in [0.15, 0.2) is 0 Å². The number of carbonyl (C=O) groups is 1. The topological polar surface area (TPSA) is 52.9 Å². The Morgan fingerprint density at radius 1 is 1.44 bits per heavy atom. The van der Waals surface area contributed by atoms with Crippen LogP contribution in [0, 0.1) is 11.3 Å². The van der Waals surface area contributed by atoms with Crippen molar-refractivity contribution in [1.29, 1.82) is 5.26 Å². The van der Waals surface area contributed by atoms with Crippen molar-refractivity contribution in [1.82, 2.24) is 0 Å². The monoisotopic (exact) mass is 258 g/mol. The Balaban J connectivity index is 2.15. The molecule has 1 amide bonds. The van der Waals surface area contributed by atoms with Crippen molar-refractivity contribution in [2.45, 2.75) is 26.2 Å². The van der Waals surface area contributed by atoms with Gasteiger partial charge in [-0.25, -0.2) is 0 Å². The van der Waals surface area contributed by atoms with Crippen molar-refractivity contribution in [2.24, 2.45) is 0 Å². The normalized spacial score (nSPS) is 14.0. The number of nitrogens with one attached hydrogen (secondary N) is 1. The van der Waals surface area contributed by atoms with Crippen LogP contribution in [0.5, 0.6) is 0 Å². The molecule has 1 aromatic heterocycles. The molecule has 1 aliphatic rings. The molecule has 1 aliphatic carbocycles. The molecule has 0 radical (unpaired) electrons. The number of thiophene rings is 1. The maximum absolute atomic E-state index is 11.6. The van der Waals surface area contributed by atoms with E-state index in [1.54, 1.807) is 12.2 Å². The standard InChI is InChI=1S/C14H14N2OS/c1-2-3-4-8-13(17)16-14-11(9-15)10-6-5-7-12(10)18-14/h2-4,8H,5-7H2,1H3,(H,16,17)/b3-2+,8-4+. The van der Waals surface area contributed by atoms with Crippen LogP contribution in [0.3, 0.4) is 0 Å². The van der Waals surface area contributed by atoms with E-state index in [-0.39, 0.29) is 5.91 Å². The second-order valence-electron chi connectivity index (χ2n) is 4.05. The summed E-state index contributed by atoms with van der Waals surface area (Å²) in [4.78, 5) is 12.9. The van der Waals surface area contributed by atoms with Crippen molar-refractivity contribution >= 4 is 22.2 Å². The quantitative estimate of drug-likeness (QED) is 0.668. The van der Waals surface area contributed by atoms with Crippen LogP contribution in [0.2, 0.25) is 0 Å². The van der Waals surface area contributed by atoms with Gasteiger partial charge >= 0.3 is 0 Å². The summed E-state index contributed by atoms with van der Waals surface area (Å²) in [6, 6.07) is 2.21. The van der Waals surface area contributed by atoms with E-state index in [9.17, 15) is 10.1 Å². The van der Waals surface area contributed by atoms with Crippen LogP contribution in [-0.2, 0) is 17.6 Å². The first-order valence-electron chi connectivity index (χ1n) is 5.91. The van der Waals surface area contributed by atoms with Gasteiger partial charge in [-0.2, -0.15) is 5.26 Å². The largest absolute Gasteiger partial charge is 0.313 e. The van der Waals surface area contributed by atoms with Crippen molar-refractivity contribution in [3.8, 4) is 6.07 Å². The first kappa shape index (κ1) is 12.6. The Morgan fingerprint density at radius 2 is 2.28 bits per heavy atom. The van der Waals surface area contributed by atoms with E-state index in [0.29, 0.717) is 10.6 Å². The lowest BCUT2D eigenvalue weighted by Crippen LogP contribution is -2.07. The zero-order chi connectivity index (χ0) is 13.0. The zero-order valence-corrected chi connectivity index (χ0v) is 11.0. The van der Waals surface area contributed by atoms with Gasteiger partial charge in [-0.15, -0.1) is 11.3 Å². The smallest absolute Gasteiger partial charge is 0.248 e. The highest BCUT2D eigenvalue weighted by atomic mass is 32.1. The van der Waals surface area contributed by atoms with E-state index in [4.69, 9.17) is 0 Å². The van der Waals surface area contributed by atoms with Gasteiger partial charge in [0.2, 0.25) is 5.91 Å². The molecule has 0 spiro atoms. The molecule has 4 heteroatoms. The van der Waals surface area contributed by atoms with Crippen molar-refractivity contribution in [3.05, 3.63) is 40.3 Å². The average Bonchev–Trinajstić information content (AvgIpc) is 2.89. The van der Waals surface area contributed by atoms with E-state index >= 15 is 0 Å². The number of carbonyl (C=O) groups excluding carboxylic acids is 1. The van der Waals surface area contributed by atoms with Gasteiger partial charge in [-0.05, 0) is 31.7 Å². The molecule has 2 rings (SSSR count). The number of hydrogen-bond acceptors (Lipinski definition) is 3. The molecule has 0 atom stereocenters. The molecule has 0 bridgehead atoms. The number of anilines is 1. The molecular formula is C14H14N2OS. The van der Waals surface area contributed by atoms with Crippen LogP contribution < -0.4 is 5.32 Å². The summed E-state index contributed by atoms with van der Waals surface area (Å²) in [5.41, 5.74) is 1.79. The molecule has 1 aromatic rings. The van der Waals surface area contributed by atoms with Gasteiger partial charge in [0, 0.05) is 11.0 Å². The van der Waals surface area contributed by atoms with Crippen molar-refractivity contribution in [3.63, 3.8) is 0 Å². The minimum absolute atomic E-state index is 0.190. The van der Waals surface area contributed by atoms with Gasteiger partial charge in [-0.3, -0.25) is 4.79 Å². The zero-order valence-electron chi connectivity index (χ0n) is 10.2. The maximum Gasteiger partial charge on any atom is 0.248 e. The van der Waals surface area contributed by atoms with Crippen LogP contribution in [0.15, 0.2) is 24.3 Å². The second kappa shape index (κ2) is 5.65. The summed E-state index contributed by atoms with van der Waals surface area (Å²) >= 11 is 1.53. The SMILES string of the molecule is C/C=C/C=C/C(=O)Nc1sc2c(c1C#N)CCC2. The molecular weight excluding hydrogens is 244 g/mol. The molecule has 0 aliphatic heterocycles. The molecule has 1 N–H and O–H groups in total. The van der Waals surface area contributed by atoms with Crippen LogP contribution in [0.4, 0.5) is 5.00 Å². The number of nitrogens with zero attached hydrogens (tertiary/aromatic N) is 1. The third-order valence-corrected chi connectivity index (χ3v) is 4.03. The number of allylic oxidation sites excluding steroid dienone is 3. The number of rotatable bonds is 3. The van der Waals surface area contributed by atoms with Gasteiger partial charge in [0.1, 0.15) is 11.1 Å². The molecule has 18 heavy (non-hydrogen) atoms. The number of fused-ring (bicyclic) bond motifs is 1. The first-order valence-corrected chi connectivity index (χ1v) is 6.73. The summed E-state index contributed by atoms with van der Waals surface area (Å²) in [5.74, 6) is -0.190. The van der Waals surface area contributed by atoms with Crippen LogP contribution in [0.25, 0.3) is 0 Å². The van der Waals surface area contributed by atoms with E-state index < -0.39 is 0 Å². The number of amides is 1. The Bertz CT molecular complexity index is 561. The first-order chi connectivity index (χ1) is 8.76. The molecule has 3 nitrogen and oxygen atoms in total. The van der Waals surface area contributed by atoms with E-state index in [1.165, 1.54) is 22.3 Å². The van der Waals surface area contributed by atoms with E-state index in [2.05, 4.69) is 11.4 Å². The summed E-state index contributed by atoms with van der Waals surface area (Å²) in [6.07, 6.45) is 9.89. The minimum atomic E-state index is -0.190. The van der Waals surface area contributed by atoms with E-state index in [0.717, 1.165) is 24.8 Å². The van der Waals surface area contributed by atoms with Gasteiger partial charge < -0.3 is 5.32 Å². The average molecular weight is 258 g/mol. The molecule has 0 unspecified atom stereocenters. The Kier molecular flexibility index (Phi) is 3.96. The predicted molar refractivity (Wildman–Crippen MR) is 73.6 cm³/mol. The summed E-state index contributed by atoms with van der Waals surface area (Å²) in [7, 11) is 0. The maximum atomic E-state index is 11.6. The second-order valence-corrected chi connectivity index (χ2v) is 5.15. The number of aryl methyl sites for hydroxylation is 1. The Hall–Kier alpha value is -1.86. The highest BCUT2D eigenvalue weighted by molar-refractivity contribution is 7.16. The van der Waals surface area contributed by atoms with Gasteiger partial charge in [-0.1, -0.05) is 18.2 Å². The van der Waals surface area contributed by atoms with E-state index in [1.807, 2.05) is 13.0 Å². The number of nitriles is 1. The van der Waals surface area contributed by atoms with Crippen LogP contribution in [0.1, 0.15) is 29.3 Å². The van der Waals surface area contributed by atoms with Crippen LogP contribution in [-0.4, -0.2) is 5.91 Å². The van der Waals surface area contributed by atoms with Crippen LogP contribution >= 0.6 is 11.3 Å². The fourth-order valence-corrected chi connectivity index (χ4v) is 3.26. The highest BCUT2D eigenvalue weighted by Gasteiger charge is 2.22. The molecule has 1 heterocycles. The van der Waals surface area contributed by atoms with Crippen molar-refractivity contribution in [2.75, 3.05) is 5.32 Å². The lowest BCUT2D eigenvalue weighted by atomic mass is 10.1. The molecule has 0 saturated heterocycles. The lowest BCUT2D eigenvalue weighted by molar-refractivity contribution is -0.111. The third kappa shape index (κ3) is 2.52. The highest BCUT2D eigenvalue weighted by Crippen LogP contribution is 2.38. The predicted octanol–water partition coefficient (Wildman–Crippen LogP) is 3.18. The summed E-state index contributed by atoms with van der Waals surface area (Å²) in [5, 5.41) is 12.7. The molecule has 92 valence electrons. The fraction of sp³-hybridized carbons (Fsp3) is 0.286. The molecule has 0 fully saturated rings. The van der Waals surface area contributed by atoms with Gasteiger partial charge in [0.25, 0.3) is 0 Å². The van der Waals surface area contributed by atoms with Gasteiger partial charge in [0.05, 0.1) is 5.56 Å². The molecule has 0 aromatic carbocycles. The Morgan fingerprint density at radius 3 is 3.00 bits per heavy atom. The Labute approximate surface area is 110 Å².